The molecule has 0 atom stereocenters. The van der Waals surface area contributed by atoms with Gasteiger partial charge in [-0.15, -0.1) is 0 Å². The number of benzene rings is 2. The molecule has 0 unspecified atom stereocenters. The van der Waals surface area contributed by atoms with Crippen molar-refractivity contribution in [3.63, 3.8) is 0 Å². The zero-order valence-electron chi connectivity index (χ0n) is 15.1. The average Bonchev–Trinajstić information content (AvgIpc) is 2.96. The summed E-state index contributed by atoms with van der Waals surface area (Å²) in [6.45, 7) is 1.74. The Morgan fingerprint density at radius 1 is 1.00 bits per heavy atom. The standard InChI is InChI=1S/C19H16F2N6O/c1-9-24-13-5-4-11(20)8-14(13)27(9)18-16(17(22)25-19(23)26-18)10-3-6-15(28-2)12(21)7-10/h3-8H,1-2H3,(H4,22,23,25,26). The topological polar surface area (TPSA) is 105 Å². The highest BCUT2D eigenvalue weighted by Gasteiger charge is 2.21. The van der Waals surface area contributed by atoms with Gasteiger partial charge in [-0.2, -0.15) is 9.97 Å². The number of fused-ring (bicyclic) bond motifs is 1. The molecule has 28 heavy (non-hydrogen) atoms. The van der Waals surface area contributed by atoms with Crippen molar-refractivity contribution in [2.24, 2.45) is 0 Å². The summed E-state index contributed by atoms with van der Waals surface area (Å²) in [4.78, 5) is 12.7. The van der Waals surface area contributed by atoms with E-state index in [9.17, 15) is 8.78 Å². The maximum atomic E-state index is 14.3. The smallest absolute Gasteiger partial charge is 0.224 e. The third kappa shape index (κ3) is 2.77. The lowest BCUT2D eigenvalue weighted by Crippen LogP contribution is -2.10. The van der Waals surface area contributed by atoms with Gasteiger partial charge in [0, 0.05) is 6.07 Å². The van der Waals surface area contributed by atoms with Gasteiger partial charge in [-0.1, -0.05) is 6.07 Å². The Morgan fingerprint density at radius 3 is 2.50 bits per heavy atom. The van der Waals surface area contributed by atoms with Gasteiger partial charge in [0.05, 0.1) is 23.7 Å². The number of rotatable bonds is 3. The molecule has 0 aliphatic heterocycles. The summed E-state index contributed by atoms with van der Waals surface area (Å²) >= 11 is 0. The van der Waals surface area contributed by atoms with Crippen LogP contribution in [0.25, 0.3) is 28.0 Å². The zero-order valence-corrected chi connectivity index (χ0v) is 15.1. The largest absolute Gasteiger partial charge is 0.494 e. The van der Waals surface area contributed by atoms with Gasteiger partial charge >= 0.3 is 0 Å². The summed E-state index contributed by atoms with van der Waals surface area (Å²) in [5, 5.41) is 0. The van der Waals surface area contributed by atoms with Crippen LogP contribution in [-0.4, -0.2) is 26.6 Å². The molecule has 0 saturated heterocycles. The lowest BCUT2D eigenvalue weighted by molar-refractivity contribution is 0.386. The number of anilines is 2. The second kappa shape index (κ2) is 6.45. The monoisotopic (exact) mass is 382 g/mol. The number of nitrogens with two attached hydrogens (primary N) is 2. The molecule has 4 N–H and O–H groups in total. The third-order valence-corrected chi connectivity index (χ3v) is 4.37. The molecule has 0 fully saturated rings. The van der Waals surface area contributed by atoms with Gasteiger partial charge < -0.3 is 16.2 Å². The lowest BCUT2D eigenvalue weighted by atomic mass is 10.1. The molecule has 2 heterocycles. The van der Waals surface area contributed by atoms with Crippen molar-refractivity contribution in [2.75, 3.05) is 18.6 Å². The highest BCUT2D eigenvalue weighted by Crippen LogP contribution is 2.35. The van der Waals surface area contributed by atoms with Crippen molar-refractivity contribution in [3.8, 4) is 22.7 Å². The van der Waals surface area contributed by atoms with Crippen LogP contribution in [0.4, 0.5) is 20.5 Å². The van der Waals surface area contributed by atoms with Crippen LogP contribution in [0, 0.1) is 18.6 Å². The second-order valence-corrected chi connectivity index (χ2v) is 6.14. The fraction of sp³-hybridized carbons (Fsp3) is 0.105. The molecule has 9 heteroatoms. The number of methoxy groups -OCH3 is 1. The summed E-state index contributed by atoms with van der Waals surface area (Å²) < 4.78 is 34.8. The number of halogens is 2. The Hall–Kier alpha value is -3.75. The lowest BCUT2D eigenvalue weighted by Gasteiger charge is -2.15. The minimum absolute atomic E-state index is 0.0599. The quantitative estimate of drug-likeness (QED) is 0.564. The molecule has 0 saturated carbocycles. The van der Waals surface area contributed by atoms with Crippen molar-refractivity contribution in [3.05, 3.63) is 53.9 Å². The van der Waals surface area contributed by atoms with E-state index in [1.807, 2.05) is 0 Å². The van der Waals surface area contributed by atoms with Crippen LogP contribution in [0.5, 0.6) is 5.75 Å². The molecule has 2 aromatic heterocycles. The van der Waals surface area contributed by atoms with E-state index in [1.165, 1.54) is 31.4 Å². The van der Waals surface area contributed by atoms with Gasteiger partial charge in [0.25, 0.3) is 0 Å². The first-order chi connectivity index (χ1) is 13.4. The summed E-state index contributed by atoms with van der Waals surface area (Å²) in [5.41, 5.74) is 13.7. The van der Waals surface area contributed by atoms with E-state index in [-0.39, 0.29) is 23.3 Å². The number of aryl methyl sites for hydroxylation is 1. The Labute approximate surface area is 158 Å². The Balaban J connectivity index is 2.05. The fourth-order valence-electron chi connectivity index (χ4n) is 3.18. The predicted molar refractivity (Wildman–Crippen MR) is 102 cm³/mol. The molecule has 7 nitrogen and oxygen atoms in total. The summed E-state index contributed by atoms with van der Waals surface area (Å²) in [7, 11) is 1.37. The molecular weight excluding hydrogens is 366 g/mol. The van der Waals surface area contributed by atoms with Crippen molar-refractivity contribution < 1.29 is 13.5 Å². The van der Waals surface area contributed by atoms with Gasteiger partial charge in [0.2, 0.25) is 5.95 Å². The van der Waals surface area contributed by atoms with E-state index in [0.29, 0.717) is 28.0 Å². The summed E-state index contributed by atoms with van der Waals surface area (Å²) in [5.74, 6) is -0.103. The molecule has 2 aromatic carbocycles. The predicted octanol–water partition coefficient (Wildman–Crippen LogP) is 3.24. The number of aromatic nitrogens is 4. The maximum absolute atomic E-state index is 14.3. The first kappa shape index (κ1) is 17.7. The maximum Gasteiger partial charge on any atom is 0.224 e. The van der Waals surface area contributed by atoms with Crippen LogP contribution in [0.15, 0.2) is 36.4 Å². The number of hydrogen-bond acceptors (Lipinski definition) is 6. The number of imidazole rings is 1. The van der Waals surface area contributed by atoms with Gasteiger partial charge in [-0.25, -0.2) is 13.8 Å². The zero-order chi connectivity index (χ0) is 20.0. The normalized spacial score (nSPS) is 11.1. The van der Waals surface area contributed by atoms with Gasteiger partial charge in [0.15, 0.2) is 17.4 Å². The molecule has 142 valence electrons. The molecule has 0 aliphatic rings. The number of ether oxygens (including phenoxy) is 1. The van der Waals surface area contributed by atoms with E-state index >= 15 is 0 Å². The van der Waals surface area contributed by atoms with Gasteiger partial charge in [-0.05, 0) is 36.8 Å². The average molecular weight is 382 g/mol. The highest BCUT2D eigenvalue weighted by molar-refractivity contribution is 5.85. The van der Waals surface area contributed by atoms with Crippen LogP contribution >= 0.6 is 0 Å². The fourth-order valence-corrected chi connectivity index (χ4v) is 3.18. The van der Waals surface area contributed by atoms with Crippen LogP contribution in [0.3, 0.4) is 0 Å². The molecule has 0 aliphatic carbocycles. The van der Waals surface area contributed by atoms with Crippen molar-refractivity contribution >= 4 is 22.8 Å². The molecule has 0 radical (unpaired) electrons. The number of nitrogens with zero attached hydrogens (tertiary/aromatic N) is 4. The third-order valence-electron chi connectivity index (χ3n) is 4.37. The second-order valence-electron chi connectivity index (χ2n) is 6.14. The van der Waals surface area contributed by atoms with Gasteiger partial charge in [-0.3, -0.25) is 4.57 Å². The van der Waals surface area contributed by atoms with Crippen molar-refractivity contribution in [1.82, 2.24) is 19.5 Å². The Kier molecular flexibility index (Phi) is 4.07. The van der Waals surface area contributed by atoms with E-state index in [4.69, 9.17) is 16.2 Å². The molecule has 4 aromatic rings. The minimum Gasteiger partial charge on any atom is -0.494 e. The number of nitrogen functional groups attached to an aromatic ring is 2. The highest BCUT2D eigenvalue weighted by atomic mass is 19.1. The molecule has 0 amide bonds. The van der Waals surface area contributed by atoms with Crippen LogP contribution in [-0.2, 0) is 0 Å². The first-order valence-corrected chi connectivity index (χ1v) is 8.31. The van der Waals surface area contributed by atoms with E-state index in [1.54, 1.807) is 23.6 Å². The molecule has 4 rings (SSSR count). The minimum atomic E-state index is -0.569. The van der Waals surface area contributed by atoms with Crippen molar-refractivity contribution in [1.29, 1.82) is 0 Å². The Morgan fingerprint density at radius 2 is 1.79 bits per heavy atom. The van der Waals surface area contributed by atoms with Crippen LogP contribution < -0.4 is 16.2 Å². The van der Waals surface area contributed by atoms with E-state index in [0.717, 1.165) is 0 Å². The molecular formula is C19H16F2N6O. The first-order valence-electron chi connectivity index (χ1n) is 8.31. The number of hydrogen-bond donors (Lipinski definition) is 2. The van der Waals surface area contributed by atoms with E-state index in [2.05, 4.69) is 15.0 Å². The van der Waals surface area contributed by atoms with Crippen molar-refractivity contribution in [2.45, 2.75) is 6.92 Å². The van der Waals surface area contributed by atoms with E-state index < -0.39 is 11.6 Å². The SMILES string of the molecule is COc1ccc(-c2c(N)nc(N)nc2-n2c(C)nc3ccc(F)cc32)cc1F. The Bertz CT molecular complexity index is 1220. The molecule has 0 bridgehead atoms. The van der Waals surface area contributed by atoms with Crippen LogP contribution in [0.2, 0.25) is 0 Å². The van der Waals surface area contributed by atoms with Gasteiger partial charge in [0.1, 0.15) is 17.5 Å². The molecule has 0 spiro atoms. The summed E-state index contributed by atoms with van der Waals surface area (Å²) in [6.07, 6.45) is 0. The summed E-state index contributed by atoms with van der Waals surface area (Å²) in [6, 6.07) is 8.59. The van der Waals surface area contributed by atoms with Crippen LogP contribution in [0.1, 0.15) is 5.82 Å².